The zero-order chi connectivity index (χ0) is 20.6. The van der Waals surface area contributed by atoms with Gasteiger partial charge in [-0.05, 0) is 54.3 Å². The summed E-state index contributed by atoms with van der Waals surface area (Å²) in [4.78, 5) is 24.5. The minimum atomic E-state index is -0.747. The fraction of sp³-hybridized carbons (Fsp3) is 0.167. The zero-order valence-corrected chi connectivity index (χ0v) is 16.5. The van der Waals surface area contributed by atoms with Gasteiger partial charge in [0.05, 0.1) is 0 Å². The molecule has 0 aromatic heterocycles. The summed E-state index contributed by atoms with van der Waals surface area (Å²) in [6.07, 6.45) is 0.192. The summed E-state index contributed by atoms with van der Waals surface area (Å²) in [7, 11) is 0. The standard InChI is InChI=1S/C24H24N2O3/c1-3-18-9-15-22(16-10-18)29-17(2)23(27)25-26-24(28)21-13-11-20(12-14-21)19-7-5-4-6-8-19/h4-17H,3H2,1-2H3,(H,25,27)(H,26,28)/t17-/m1/s1. The monoisotopic (exact) mass is 388 g/mol. The minimum absolute atomic E-state index is 0.391. The summed E-state index contributed by atoms with van der Waals surface area (Å²) in [6, 6.07) is 24.7. The SMILES string of the molecule is CCc1ccc(O[C@H](C)C(=O)NNC(=O)c2ccc(-c3ccccc3)cc2)cc1. The van der Waals surface area contributed by atoms with Crippen molar-refractivity contribution >= 4 is 11.8 Å². The lowest BCUT2D eigenvalue weighted by Crippen LogP contribution is -2.47. The fourth-order valence-corrected chi connectivity index (χ4v) is 2.80. The molecule has 2 N–H and O–H groups in total. The highest BCUT2D eigenvalue weighted by Crippen LogP contribution is 2.19. The van der Waals surface area contributed by atoms with E-state index in [0.717, 1.165) is 17.5 Å². The van der Waals surface area contributed by atoms with Crippen LogP contribution in [0, 0.1) is 0 Å². The van der Waals surface area contributed by atoms with Gasteiger partial charge in [-0.2, -0.15) is 0 Å². The maximum atomic E-state index is 12.3. The number of amides is 2. The Balaban J connectivity index is 1.52. The summed E-state index contributed by atoms with van der Waals surface area (Å²) in [6.45, 7) is 3.70. The van der Waals surface area contributed by atoms with Crippen LogP contribution < -0.4 is 15.6 Å². The van der Waals surface area contributed by atoms with Crippen molar-refractivity contribution in [2.45, 2.75) is 26.4 Å². The zero-order valence-electron chi connectivity index (χ0n) is 16.5. The number of carbonyl (C=O) groups is 2. The number of ether oxygens (including phenoxy) is 1. The van der Waals surface area contributed by atoms with Crippen molar-refractivity contribution in [3.05, 3.63) is 90.0 Å². The van der Waals surface area contributed by atoms with Crippen molar-refractivity contribution in [3.8, 4) is 16.9 Å². The van der Waals surface area contributed by atoms with Crippen molar-refractivity contribution in [1.29, 1.82) is 0 Å². The Morgan fingerprint density at radius 1 is 0.828 bits per heavy atom. The molecule has 0 bridgehead atoms. The Bertz CT molecular complexity index is 952. The van der Waals surface area contributed by atoms with Gasteiger partial charge >= 0.3 is 0 Å². The Hall–Kier alpha value is -3.60. The number of hydrogen-bond donors (Lipinski definition) is 2. The average molecular weight is 388 g/mol. The topological polar surface area (TPSA) is 67.4 Å². The van der Waals surface area contributed by atoms with Crippen LogP contribution in [0.5, 0.6) is 5.75 Å². The molecule has 0 fully saturated rings. The average Bonchev–Trinajstić information content (AvgIpc) is 2.78. The number of hydrazine groups is 1. The van der Waals surface area contributed by atoms with Crippen LogP contribution in [0.3, 0.4) is 0 Å². The number of benzene rings is 3. The van der Waals surface area contributed by atoms with Gasteiger partial charge in [0.25, 0.3) is 11.8 Å². The molecule has 3 aromatic rings. The van der Waals surface area contributed by atoms with Crippen molar-refractivity contribution < 1.29 is 14.3 Å². The third kappa shape index (κ3) is 5.45. The number of aryl methyl sites for hydroxylation is 1. The summed E-state index contributed by atoms with van der Waals surface area (Å²) < 4.78 is 5.62. The molecule has 0 unspecified atom stereocenters. The van der Waals surface area contributed by atoms with E-state index in [2.05, 4.69) is 17.8 Å². The Kier molecular flexibility index (Phi) is 6.63. The predicted octanol–water partition coefficient (Wildman–Crippen LogP) is 4.14. The normalized spacial score (nSPS) is 11.4. The lowest BCUT2D eigenvalue weighted by atomic mass is 10.0. The van der Waals surface area contributed by atoms with Gasteiger partial charge < -0.3 is 4.74 Å². The quantitative estimate of drug-likeness (QED) is 0.624. The largest absolute Gasteiger partial charge is 0.481 e. The third-order valence-electron chi connectivity index (χ3n) is 4.57. The second-order valence-corrected chi connectivity index (χ2v) is 6.64. The number of carbonyl (C=O) groups excluding carboxylic acids is 2. The molecule has 3 rings (SSSR count). The minimum Gasteiger partial charge on any atom is -0.481 e. The smallest absolute Gasteiger partial charge is 0.279 e. The van der Waals surface area contributed by atoms with E-state index in [1.54, 1.807) is 19.1 Å². The molecule has 0 saturated carbocycles. The van der Waals surface area contributed by atoms with Crippen molar-refractivity contribution in [3.63, 3.8) is 0 Å². The molecule has 29 heavy (non-hydrogen) atoms. The van der Waals surface area contributed by atoms with Gasteiger partial charge in [-0.25, -0.2) is 0 Å². The van der Waals surface area contributed by atoms with Crippen LogP contribution in [0.15, 0.2) is 78.9 Å². The van der Waals surface area contributed by atoms with E-state index >= 15 is 0 Å². The molecule has 0 aliphatic heterocycles. The van der Waals surface area contributed by atoms with E-state index in [4.69, 9.17) is 4.74 Å². The van der Waals surface area contributed by atoms with Crippen LogP contribution in [0.25, 0.3) is 11.1 Å². The van der Waals surface area contributed by atoms with Crippen molar-refractivity contribution in [2.75, 3.05) is 0 Å². The molecular formula is C24H24N2O3. The predicted molar refractivity (Wildman–Crippen MR) is 113 cm³/mol. The van der Waals surface area contributed by atoms with Crippen LogP contribution in [0.1, 0.15) is 29.8 Å². The van der Waals surface area contributed by atoms with E-state index in [1.165, 1.54) is 5.56 Å². The molecule has 2 amide bonds. The van der Waals surface area contributed by atoms with Crippen LogP contribution in [0.2, 0.25) is 0 Å². The van der Waals surface area contributed by atoms with Crippen molar-refractivity contribution in [1.82, 2.24) is 10.9 Å². The number of hydrogen-bond acceptors (Lipinski definition) is 3. The molecule has 0 radical (unpaired) electrons. The lowest BCUT2D eigenvalue weighted by Gasteiger charge is -2.15. The first-order chi connectivity index (χ1) is 14.1. The second-order valence-electron chi connectivity index (χ2n) is 6.64. The van der Waals surface area contributed by atoms with E-state index in [0.29, 0.717) is 11.3 Å². The van der Waals surface area contributed by atoms with Gasteiger partial charge in [0.1, 0.15) is 5.75 Å². The van der Waals surface area contributed by atoms with Crippen LogP contribution in [0.4, 0.5) is 0 Å². The Labute approximate surface area is 170 Å². The molecular weight excluding hydrogens is 364 g/mol. The lowest BCUT2D eigenvalue weighted by molar-refractivity contribution is -0.128. The van der Waals surface area contributed by atoms with Crippen LogP contribution in [-0.4, -0.2) is 17.9 Å². The highest BCUT2D eigenvalue weighted by Gasteiger charge is 2.16. The first-order valence-electron chi connectivity index (χ1n) is 9.58. The molecule has 148 valence electrons. The summed E-state index contributed by atoms with van der Waals surface area (Å²) in [5, 5.41) is 0. The second kappa shape index (κ2) is 9.55. The first-order valence-corrected chi connectivity index (χ1v) is 9.58. The molecule has 0 spiro atoms. The maximum Gasteiger partial charge on any atom is 0.279 e. The van der Waals surface area contributed by atoms with Gasteiger partial charge in [0, 0.05) is 5.56 Å². The number of nitrogens with one attached hydrogen (secondary N) is 2. The molecule has 0 saturated heterocycles. The summed E-state index contributed by atoms with van der Waals surface area (Å²) >= 11 is 0. The molecule has 0 heterocycles. The first kappa shape index (κ1) is 20.1. The van der Waals surface area contributed by atoms with Crippen molar-refractivity contribution in [2.24, 2.45) is 0 Å². The molecule has 0 aliphatic rings. The van der Waals surface area contributed by atoms with Gasteiger partial charge in [0.15, 0.2) is 6.10 Å². The number of rotatable bonds is 6. The van der Waals surface area contributed by atoms with Gasteiger partial charge in [0.2, 0.25) is 0 Å². The molecule has 5 nitrogen and oxygen atoms in total. The van der Waals surface area contributed by atoms with Gasteiger partial charge in [-0.3, -0.25) is 20.4 Å². The fourth-order valence-electron chi connectivity index (χ4n) is 2.80. The van der Waals surface area contributed by atoms with E-state index in [9.17, 15) is 9.59 Å². The molecule has 5 heteroatoms. The van der Waals surface area contributed by atoms with Crippen LogP contribution >= 0.6 is 0 Å². The van der Waals surface area contributed by atoms with E-state index in [-0.39, 0.29) is 0 Å². The maximum absolute atomic E-state index is 12.3. The summed E-state index contributed by atoms with van der Waals surface area (Å²) in [5.41, 5.74) is 8.57. The third-order valence-corrected chi connectivity index (χ3v) is 4.57. The highest BCUT2D eigenvalue weighted by atomic mass is 16.5. The molecule has 0 aliphatic carbocycles. The van der Waals surface area contributed by atoms with E-state index in [1.807, 2.05) is 66.7 Å². The molecule has 3 aromatic carbocycles. The van der Waals surface area contributed by atoms with Gasteiger partial charge in [-0.15, -0.1) is 0 Å². The van der Waals surface area contributed by atoms with Gasteiger partial charge in [-0.1, -0.05) is 61.5 Å². The Morgan fingerprint density at radius 2 is 1.45 bits per heavy atom. The highest BCUT2D eigenvalue weighted by molar-refractivity contribution is 5.96. The van der Waals surface area contributed by atoms with Crippen LogP contribution in [-0.2, 0) is 11.2 Å². The summed E-state index contributed by atoms with van der Waals surface area (Å²) in [5.74, 6) is -0.219. The Morgan fingerprint density at radius 3 is 2.07 bits per heavy atom. The van der Waals surface area contributed by atoms with E-state index < -0.39 is 17.9 Å². The molecule has 1 atom stereocenters.